The Hall–Kier alpha value is -0.690. The number of piperazine rings is 1. The van der Waals surface area contributed by atoms with Gasteiger partial charge in [0.15, 0.2) is 0 Å². The number of rotatable bonds is 4. The third kappa shape index (κ3) is 3.91. The number of carbonyl (C=O) groups is 1. The van der Waals surface area contributed by atoms with Gasteiger partial charge < -0.3 is 20.1 Å². The summed E-state index contributed by atoms with van der Waals surface area (Å²) in [5, 5.41) is 12.8. The third-order valence-electron chi connectivity index (χ3n) is 4.11. The Morgan fingerprint density at radius 1 is 1.50 bits per heavy atom. The number of nitrogens with one attached hydrogen (secondary N) is 1. The molecule has 116 valence electrons. The molecule has 2 fully saturated rings. The summed E-state index contributed by atoms with van der Waals surface area (Å²) >= 11 is 0. The van der Waals surface area contributed by atoms with Crippen molar-refractivity contribution in [1.29, 1.82) is 0 Å². The molecule has 2 N–H and O–H groups in total. The highest BCUT2D eigenvalue weighted by molar-refractivity contribution is 5.82. The van der Waals surface area contributed by atoms with E-state index in [1.54, 1.807) is 0 Å². The van der Waals surface area contributed by atoms with Crippen LogP contribution in [0.15, 0.2) is 0 Å². The maximum absolute atomic E-state index is 12.5. The van der Waals surface area contributed by atoms with Crippen LogP contribution in [0.25, 0.3) is 0 Å². The second-order valence-electron chi connectivity index (χ2n) is 5.77. The molecule has 6 heteroatoms. The minimum absolute atomic E-state index is 0.153. The summed E-state index contributed by atoms with van der Waals surface area (Å²) in [5.41, 5.74) is 0. The van der Waals surface area contributed by atoms with Gasteiger partial charge >= 0.3 is 0 Å². The van der Waals surface area contributed by atoms with E-state index in [2.05, 4.69) is 17.1 Å². The molecule has 0 aromatic rings. The quantitative estimate of drug-likeness (QED) is 0.713. The Kier molecular flexibility index (Phi) is 5.77. The van der Waals surface area contributed by atoms with Crippen LogP contribution >= 0.6 is 0 Å². The first-order valence-electron chi connectivity index (χ1n) is 7.63. The van der Waals surface area contributed by atoms with Crippen LogP contribution in [0.5, 0.6) is 0 Å². The molecule has 3 atom stereocenters. The number of aliphatic hydroxyl groups excluding tert-OH is 1. The number of hydrogen-bond donors (Lipinski definition) is 2. The molecule has 1 amide bonds. The van der Waals surface area contributed by atoms with Gasteiger partial charge in [0.1, 0.15) is 6.04 Å². The van der Waals surface area contributed by atoms with Crippen LogP contribution in [0.4, 0.5) is 0 Å². The van der Waals surface area contributed by atoms with Gasteiger partial charge in [-0.25, -0.2) is 0 Å². The molecule has 0 spiro atoms. The largest absolute Gasteiger partial charge is 0.392 e. The van der Waals surface area contributed by atoms with E-state index < -0.39 is 0 Å². The monoisotopic (exact) mass is 285 g/mol. The number of amides is 1. The van der Waals surface area contributed by atoms with Crippen LogP contribution in [0.1, 0.15) is 20.3 Å². The van der Waals surface area contributed by atoms with E-state index in [-0.39, 0.29) is 18.1 Å². The van der Waals surface area contributed by atoms with Crippen molar-refractivity contribution >= 4 is 5.91 Å². The van der Waals surface area contributed by atoms with Gasteiger partial charge in [0.25, 0.3) is 0 Å². The van der Waals surface area contributed by atoms with Crippen LogP contribution in [-0.4, -0.2) is 84.9 Å². The fraction of sp³-hybridized carbons (Fsp3) is 0.929. The molecule has 2 rings (SSSR count). The first-order chi connectivity index (χ1) is 9.61. The Morgan fingerprint density at radius 3 is 2.90 bits per heavy atom. The van der Waals surface area contributed by atoms with E-state index in [4.69, 9.17) is 4.74 Å². The molecule has 2 aliphatic heterocycles. The summed E-state index contributed by atoms with van der Waals surface area (Å²) in [6.45, 7) is 8.86. The Balaban J connectivity index is 1.90. The molecule has 20 heavy (non-hydrogen) atoms. The number of morpholine rings is 1. The molecule has 2 heterocycles. The lowest BCUT2D eigenvalue weighted by Gasteiger charge is -2.43. The van der Waals surface area contributed by atoms with E-state index in [1.807, 2.05) is 11.8 Å². The third-order valence-corrected chi connectivity index (χ3v) is 4.11. The average molecular weight is 285 g/mol. The van der Waals surface area contributed by atoms with Crippen molar-refractivity contribution in [3.05, 3.63) is 0 Å². The number of nitrogens with zero attached hydrogens (tertiary/aromatic N) is 2. The van der Waals surface area contributed by atoms with Crippen LogP contribution in [-0.2, 0) is 9.53 Å². The van der Waals surface area contributed by atoms with E-state index >= 15 is 0 Å². The minimum atomic E-state index is -0.320. The number of ether oxygens (including phenoxy) is 1. The first-order valence-corrected chi connectivity index (χ1v) is 7.63. The molecule has 0 bridgehead atoms. The molecule has 2 aliphatic rings. The van der Waals surface area contributed by atoms with E-state index in [0.717, 1.165) is 32.6 Å². The topological polar surface area (TPSA) is 65.0 Å². The van der Waals surface area contributed by atoms with E-state index in [1.165, 1.54) is 0 Å². The number of hydrogen-bond acceptors (Lipinski definition) is 5. The fourth-order valence-corrected chi connectivity index (χ4v) is 3.00. The van der Waals surface area contributed by atoms with Crippen molar-refractivity contribution in [3.63, 3.8) is 0 Å². The van der Waals surface area contributed by atoms with Crippen LogP contribution < -0.4 is 5.32 Å². The van der Waals surface area contributed by atoms with Gasteiger partial charge in [0.2, 0.25) is 5.91 Å². The van der Waals surface area contributed by atoms with E-state index in [0.29, 0.717) is 25.8 Å². The van der Waals surface area contributed by atoms with Crippen molar-refractivity contribution < 1.29 is 14.6 Å². The fourth-order valence-electron chi connectivity index (χ4n) is 3.00. The lowest BCUT2D eigenvalue weighted by atomic mass is 10.1. The van der Waals surface area contributed by atoms with E-state index in [9.17, 15) is 9.90 Å². The SMILES string of the molecule is CCC1CN(C(=O)C2COCCN2)CCN1CC(C)O. The van der Waals surface area contributed by atoms with Gasteiger partial charge in [-0.2, -0.15) is 0 Å². The number of β-amino-alcohol motifs (C(OH)–C–C–N with tert-alkyl or cyclic N) is 1. The smallest absolute Gasteiger partial charge is 0.242 e. The van der Waals surface area contributed by atoms with Gasteiger partial charge in [0, 0.05) is 38.8 Å². The maximum atomic E-state index is 12.5. The first kappa shape index (κ1) is 15.7. The maximum Gasteiger partial charge on any atom is 0.242 e. The van der Waals surface area contributed by atoms with Gasteiger partial charge in [-0.15, -0.1) is 0 Å². The predicted octanol–water partition coefficient (Wildman–Crippen LogP) is -0.722. The summed E-state index contributed by atoms with van der Waals surface area (Å²) in [6.07, 6.45) is 0.671. The van der Waals surface area contributed by atoms with Gasteiger partial charge in [-0.3, -0.25) is 9.69 Å². The Bertz CT molecular complexity index is 319. The van der Waals surface area contributed by atoms with Crippen molar-refractivity contribution in [3.8, 4) is 0 Å². The summed E-state index contributed by atoms with van der Waals surface area (Å²) < 4.78 is 5.37. The van der Waals surface area contributed by atoms with Crippen molar-refractivity contribution in [2.75, 3.05) is 45.9 Å². The molecular weight excluding hydrogens is 258 g/mol. The molecule has 0 saturated carbocycles. The molecule has 2 saturated heterocycles. The average Bonchev–Trinajstić information content (AvgIpc) is 2.47. The molecule has 0 aromatic carbocycles. The minimum Gasteiger partial charge on any atom is -0.392 e. The lowest BCUT2D eigenvalue weighted by molar-refractivity contribution is -0.139. The Morgan fingerprint density at radius 2 is 2.30 bits per heavy atom. The summed E-state index contributed by atoms with van der Waals surface area (Å²) in [4.78, 5) is 16.7. The normalized spacial score (nSPS) is 30.2. The molecule has 0 aliphatic carbocycles. The molecule has 3 unspecified atom stereocenters. The summed E-state index contributed by atoms with van der Waals surface area (Å²) in [5.74, 6) is 0.153. The zero-order chi connectivity index (χ0) is 14.5. The highest BCUT2D eigenvalue weighted by atomic mass is 16.5. The van der Waals surface area contributed by atoms with Gasteiger partial charge in [0.05, 0.1) is 19.3 Å². The van der Waals surface area contributed by atoms with Gasteiger partial charge in [-0.1, -0.05) is 6.92 Å². The highest BCUT2D eigenvalue weighted by Crippen LogP contribution is 2.15. The lowest BCUT2D eigenvalue weighted by Crippen LogP contribution is -2.60. The van der Waals surface area contributed by atoms with Crippen molar-refractivity contribution in [2.24, 2.45) is 0 Å². The summed E-state index contributed by atoms with van der Waals surface area (Å²) in [7, 11) is 0. The molecule has 6 nitrogen and oxygen atoms in total. The molecular formula is C14H27N3O3. The zero-order valence-electron chi connectivity index (χ0n) is 12.5. The van der Waals surface area contributed by atoms with Crippen LogP contribution in [0, 0.1) is 0 Å². The van der Waals surface area contributed by atoms with Crippen molar-refractivity contribution in [1.82, 2.24) is 15.1 Å². The standard InChI is InChI=1S/C14H27N3O3/c1-3-12-9-17(6-5-16(12)8-11(2)18)14(19)13-10-20-7-4-15-13/h11-13,15,18H,3-10H2,1-2H3. The predicted molar refractivity (Wildman–Crippen MR) is 76.5 cm³/mol. The molecule has 0 radical (unpaired) electrons. The second kappa shape index (κ2) is 7.36. The molecule has 0 aromatic heterocycles. The van der Waals surface area contributed by atoms with Crippen LogP contribution in [0.3, 0.4) is 0 Å². The summed E-state index contributed by atoms with van der Waals surface area (Å²) in [6, 6.07) is 0.149. The van der Waals surface area contributed by atoms with Gasteiger partial charge in [-0.05, 0) is 13.3 Å². The number of aliphatic hydroxyl groups is 1. The Labute approximate surface area is 121 Å². The highest BCUT2D eigenvalue weighted by Gasteiger charge is 2.32. The zero-order valence-corrected chi connectivity index (χ0v) is 12.5. The number of carbonyl (C=O) groups excluding carboxylic acids is 1. The second-order valence-corrected chi connectivity index (χ2v) is 5.77. The van der Waals surface area contributed by atoms with Crippen molar-refractivity contribution in [2.45, 2.75) is 38.5 Å². The van der Waals surface area contributed by atoms with Crippen LogP contribution in [0.2, 0.25) is 0 Å².